The molecule has 23 heavy (non-hydrogen) atoms. The van der Waals surface area contributed by atoms with Crippen LogP contribution in [-0.2, 0) is 0 Å². The summed E-state index contributed by atoms with van der Waals surface area (Å²) in [7, 11) is 0. The van der Waals surface area contributed by atoms with Crippen LogP contribution >= 0.6 is 0 Å². The maximum Gasteiger partial charge on any atom is 0.288 e. The van der Waals surface area contributed by atoms with E-state index in [1.54, 1.807) is 18.5 Å². The molecule has 0 saturated carbocycles. The molecular weight excluding hydrogens is 288 g/mol. The standard InChI is InChI=1S/C19H18N2O2/c1-13-5-3-4-6-16(13)17(15-7-10-20-11-8-15)21-19(22)18-14(2)9-12-23-18/h3-12,17H,1-2H3,(H,21,22)/t17-/m0/s1. The SMILES string of the molecule is Cc1ccccc1[C@@H](NC(=O)c1occc1C)c1ccncc1. The van der Waals surface area contributed by atoms with Crippen LogP contribution in [0.5, 0.6) is 0 Å². The third-order valence-electron chi connectivity index (χ3n) is 3.88. The second-order valence-electron chi connectivity index (χ2n) is 5.48. The average Bonchev–Trinajstić information content (AvgIpc) is 3.00. The van der Waals surface area contributed by atoms with Gasteiger partial charge in [0.25, 0.3) is 5.91 Å². The molecular formula is C19H18N2O2. The number of hydrogen-bond donors (Lipinski definition) is 1. The zero-order valence-corrected chi connectivity index (χ0v) is 13.1. The van der Waals surface area contributed by atoms with Gasteiger partial charge in [0, 0.05) is 18.0 Å². The molecule has 116 valence electrons. The molecule has 0 bridgehead atoms. The van der Waals surface area contributed by atoms with Crippen molar-refractivity contribution in [3.05, 3.63) is 89.1 Å². The van der Waals surface area contributed by atoms with Crippen LogP contribution in [-0.4, -0.2) is 10.9 Å². The third kappa shape index (κ3) is 3.16. The molecule has 0 spiro atoms. The van der Waals surface area contributed by atoms with Gasteiger partial charge in [-0.15, -0.1) is 0 Å². The molecule has 1 aromatic carbocycles. The van der Waals surface area contributed by atoms with Crippen molar-refractivity contribution >= 4 is 5.91 Å². The minimum absolute atomic E-state index is 0.224. The highest BCUT2D eigenvalue weighted by molar-refractivity contribution is 5.93. The normalized spacial score (nSPS) is 11.9. The predicted octanol–water partition coefficient (Wildman–Crippen LogP) is 3.81. The smallest absolute Gasteiger partial charge is 0.288 e. The van der Waals surface area contributed by atoms with Gasteiger partial charge in [0.2, 0.25) is 0 Å². The molecule has 0 fully saturated rings. The maximum atomic E-state index is 12.6. The maximum absolute atomic E-state index is 12.6. The van der Waals surface area contributed by atoms with Crippen LogP contribution in [0.2, 0.25) is 0 Å². The minimum atomic E-state index is -0.254. The molecule has 1 N–H and O–H groups in total. The summed E-state index contributed by atoms with van der Waals surface area (Å²) in [6, 6.07) is 13.4. The topological polar surface area (TPSA) is 55.1 Å². The Bertz CT molecular complexity index is 809. The van der Waals surface area contributed by atoms with E-state index in [1.807, 2.05) is 50.2 Å². The van der Waals surface area contributed by atoms with Crippen molar-refractivity contribution in [2.75, 3.05) is 0 Å². The summed E-state index contributed by atoms with van der Waals surface area (Å²) in [4.78, 5) is 16.6. The van der Waals surface area contributed by atoms with Crippen LogP contribution < -0.4 is 5.32 Å². The number of amides is 1. The van der Waals surface area contributed by atoms with Crippen LogP contribution in [0.15, 0.2) is 65.5 Å². The molecule has 0 radical (unpaired) electrons. The van der Waals surface area contributed by atoms with E-state index in [2.05, 4.69) is 10.3 Å². The van der Waals surface area contributed by atoms with Crippen molar-refractivity contribution in [2.24, 2.45) is 0 Å². The predicted molar refractivity (Wildman–Crippen MR) is 88.2 cm³/mol. The zero-order valence-electron chi connectivity index (χ0n) is 13.1. The molecule has 2 heterocycles. The summed E-state index contributed by atoms with van der Waals surface area (Å²) in [5.74, 6) is 0.121. The largest absolute Gasteiger partial charge is 0.459 e. The van der Waals surface area contributed by atoms with Gasteiger partial charge in [0.1, 0.15) is 0 Å². The van der Waals surface area contributed by atoms with Gasteiger partial charge < -0.3 is 9.73 Å². The van der Waals surface area contributed by atoms with Crippen molar-refractivity contribution < 1.29 is 9.21 Å². The number of benzene rings is 1. The van der Waals surface area contributed by atoms with E-state index < -0.39 is 0 Å². The summed E-state index contributed by atoms with van der Waals surface area (Å²) in [6.45, 7) is 3.89. The lowest BCUT2D eigenvalue weighted by Gasteiger charge is -2.21. The van der Waals surface area contributed by atoms with Crippen LogP contribution in [0.4, 0.5) is 0 Å². The van der Waals surface area contributed by atoms with Crippen molar-refractivity contribution in [1.82, 2.24) is 10.3 Å². The molecule has 0 unspecified atom stereocenters. The van der Waals surface area contributed by atoms with Crippen LogP contribution in [0, 0.1) is 13.8 Å². The molecule has 3 rings (SSSR count). The average molecular weight is 306 g/mol. The number of carbonyl (C=O) groups excluding carboxylic acids is 1. The fourth-order valence-corrected chi connectivity index (χ4v) is 2.61. The van der Waals surface area contributed by atoms with Crippen LogP contribution in [0.25, 0.3) is 0 Å². The van der Waals surface area contributed by atoms with E-state index in [4.69, 9.17) is 4.42 Å². The lowest BCUT2D eigenvalue weighted by Crippen LogP contribution is -2.30. The first-order valence-corrected chi connectivity index (χ1v) is 7.47. The Morgan fingerprint density at radius 2 is 1.78 bits per heavy atom. The summed E-state index contributed by atoms with van der Waals surface area (Å²) in [5.41, 5.74) is 3.97. The quantitative estimate of drug-likeness (QED) is 0.797. The first kappa shape index (κ1) is 15.0. The Morgan fingerprint density at radius 1 is 1.04 bits per heavy atom. The van der Waals surface area contributed by atoms with Gasteiger partial charge in [-0.2, -0.15) is 0 Å². The molecule has 2 aromatic heterocycles. The van der Waals surface area contributed by atoms with E-state index in [1.165, 1.54) is 6.26 Å². The number of furan rings is 1. The number of aryl methyl sites for hydroxylation is 2. The summed E-state index contributed by atoms with van der Waals surface area (Å²) in [5, 5.41) is 3.07. The van der Waals surface area contributed by atoms with Gasteiger partial charge in [-0.1, -0.05) is 24.3 Å². The van der Waals surface area contributed by atoms with Gasteiger partial charge in [-0.25, -0.2) is 0 Å². The van der Waals surface area contributed by atoms with Crippen LogP contribution in [0.3, 0.4) is 0 Å². The van der Waals surface area contributed by atoms with Gasteiger partial charge in [0.05, 0.1) is 12.3 Å². The second kappa shape index (κ2) is 6.48. The Balaban J connectivity index is 1.98. The van der Waals surface area contributed by atoms with Crippen molar-refractivity contribution in [2.45, 2.75) is 19.9 Å². The lowest BCUT2D eigenvalue weighted by atomic mass is 9.95. The summed E-state index contributed by atoms with van der Waals surface area (Å²) >= 11 is 0. The highest BCUT2D eigenvalue weighted by Gasteiger charge is 2.21. The summed E-state index contributed by atoms with van der Waals surface area (Å²) < 4.78 is 5.30. The number of hydrogen-bond acceptors (Lipinski definition) is 3. The Labute approximate surface area is 135 Å². The molecule has 0 aliphatic carbocycles. The Kier molecular flexibility index (Phi) is 4.24. The van der Waals surface area contributed by atoms with Gasteiger partial charge in [0.15, 0.2) is 5.76 Å². The van der Waals surface area contributed by atoms with E-state index in [9.17, 15) is 4.79 Å². The number of nitrogens with one attached hydrogen (secondary N) is 1. The molecule has 3 aromatic rings. The van der Waals surface area contributed by atoms with Gasteiger partial charge >= 0.3 is 0 Å². The molecule has 0 saturated heterocycles. The third-order valence-corrected chi connectivity index (χ3v) is 3.88. The first-order valence-electron chi connectivity index (χ1n) is 7.47. The monoisotopic (exact) mass is 306 g/mol. The number of carbonyl (C=O) groups is 1. The highest BCUT2D eigenvalue weighted by atomic mass is 16.3. The van der Waals surface area contributed by atoms with Crippen molar-refractivity contribution in [3.63, 3.8) is 0 Å². The molecule has 0 aliphatic rings. The molecule has 4 heteroatoms. The molecule has 1 amide bonds. The van der Waals surface area contributed by atoms with E-state index in [0.29, 0.717) is 5.76 Å². The Hall–Kier alpha value is -2.88. The first-order chi connectivity index (χ1) is 11.2. The Morgan fingerprint density at radius 3 is 2.43 bits per heavy atom. The lowest BCUT2D eigenvalue weighted by molar-refractivity contribution is 0.0914. The number of aromatic nitrogens is 1. The molecule has 4 nitrogen and oxygen atoms in total. The van der Waals surface area contributed by atoms with Gasteiger partial charge in [-0.05, 0) is 48.7 Å². The number of pyridine rings is 1. The summed E-state index contributed by atoms with van der Waals surface area (Å²) in [6.07, 6.45) is 4.98. The van der Waals surface area contributed by atoms with Gasteiger partial charge in [-0.3, -0.25) is 9.78 Å². The second-order valence-corrected chi connectivity index (χ2v) is 5.48. The number of nitrogens with zero attached hydrogens (tertiary/aromatic N) is 1. The van der Waals surface area contributed by atoms with Crippen molar-refractivity contribution in [3.8, 4) is 0 Å². The van der Waals surface area contributed by atoms with Crippen LogP contribution in [0.1, 0.15) is 38.9 Å². The van der Waals surface area contributed by atoms with Crippen molar-refractivity contribution in [1.29, 1.82) is 0 Å². The molecule has 1 atom stereocenters. The fourth-order valence-electron chi connectivity index (χ4n) is 2.61. The highest BCUT2D eigenvalue weighted by Crippen LogP contribution is 2.25. The van der Waals surface area contributed by atoms with E-state index in [0.717, 1.165) is 22.3 Å². The van der Waals surface area contributed by atoms with E-state index >= 15 is 0 Å². The minimum Gasteiger partial charge on any atom is -0.459 e. The number of rotatable bonds is 4. The molecule has 0 aliphatic heterocycles. The zero-order chi connectivity index (χ0) is 16.2. The fraction of sp³-hybridized carbons (Fsp3) is 0.158. The van der Waals surface area contributed by atoms with E-state index in [-0.39, 0.29) is 11.9 Å².